The van der Waals surface area contributed by atoms with Crippen molar-refractivity contribution in [1.82, 2.24) is 9.88 Å². The second-order valence-corrected chi connectivity index (χ2v) is 4.94. The molecule has 1 amide bonds. The summed E-state index contributed by atoms with van der Waals surface area (Å²) in [6.45, 7) is 4.81. The summed E-state index contributed by atoms with van der Waals surface area (Å²) in [5.41, 5.74) is 0.669. The van der Waals surface area contributed by atoms with Gasteiger partial charge in [0.15, 0.2) is 0 Å². The molecular weight excluding hydrogens is 280 g/mol. The average molecular weight is 297 g/mol. The van der Waals surface area contributed by atoms with E-state index in [1.807, 2.05) is 23.8 Å². The van der Waals surface area contributed by atoms with Crippen LogP contribution in [0, 0.1) is 12.3 Å². The standard InChI is InChI=1S/C13H17BrN2O/c1-4-6-10(3)15-13(17)12-8-11(14)9-16(12)7-5-2/h1,8-10H,5-7H2,2-3H3,(H,15,17). The predicted molar refractivity (Wildman–Crippen MR) is 72.8 cm³/mol. The minimum atomic E-state index is -0.0769. The molecule has 1 unspecified atom stereocenters. The molecule has 0 saturated carbocycles. The number of hydrogen-bond acceptors (Lipinski definition) is 1. The molecule has 92 valence electrons. The van der Waals surface area contributed by atoms with Crippen LogP contribution in [0.4, 0.5) is 0 Å². The van der Waals surface area contributed by atoms with Crippen LogP contribution in [0.1, 0.15) is 37.2 Å². The summed E-state index contributed by atoms with van der Waals surface area (Å²) in [6.07, 6.45) is 8.66. The van der Waals surface area contributed by atoms with Gasteiger partial charge in [-0.2, -0.15) is 0 Å². The van der Waals surface area contributed by atoms with E-state index in [2.05, 4.69) is 34.1 Å². The molecule has 0 aliphatic rings. The van der Waals surface area contributed by atoms with Gasteiger partial charge >= 0.3 is 0 Å². The molecule has 0 bridgehead atoms. The van der Waals surface area contributed by atoms with Gasteiger partial charge < -0.3 is 9.88 Å². The highest BCUT2D eigenvalue weighted by Gasteiger charge is 2.14. The lowest BCUT2D eigenvalue weighted by Crippen LogP contribution is -2.33. The van der Waals surface area contributed by atoms with Crippen molar-refractivity contribution in [2.24, 2.45) is 0 Å². The molecule has 0 aromatic carbocycles. The Bertz CT molecular complexity index is 431. The zero-order valence-corrected chi connectivity index (χ0v) is 11.8. The highest BCUT2D eigenvalue weighted by atomic mass is 79.9. The third-order valence-corrected chi connectivity index (χ3v) is 2.80. The smallest absolute Gasteiger partial charge is 0.268 e. The van der Waals surface area contributed by atoms with Gasteiger partial charge in [-0.15, -0.1) is 12.3 Å². The quantitative estimate of drug-likeness (QED) is 0.833. The zero-order valence-electron chi connectivity index (χ0n) is 10.2. The molecule has 0 fully saturated rings. The number of rotatable bonds is 5. The van der Waals surface area contributed by atoms with Crippen LogP contribution < -0.4 is 5.32 Å². The molecule has 0 radical (unpaired) electrons. The number of nitrogens with one attached hydrogen (secondary N) is 1. The first-order valence-electron chi connectivity index (χ1n) is 5.68. The van der Waals surface area contributed by atoms with Crippen LogP contribution in [0.5, 0.6) is 0 Å². The maximum atomic E-state index is 12.0. The Morgan fingerprint density at radius 1 is 1.71 bits per heavy atom. The van der Waals surface area contributed by atoms with E-state index in [4.69, 9.17) is 6.42 Å². The maximum Gasteiger partial charge on any atom is 0.268 e. The van der Waals surface area contributed by atoms with Gasteiger partial charge in [-0.05, 0) is 35.3 Å². The van der Waals surface area contributed by atoms with Crippen molar-refractivity contribution in [2.75, 3.05) is 0 Å². The molecule has 3 nitrogen and oxygen atoms in total. The normalized spacial score (nSPS) is 11.9. The lowest BCUT2D eigenvalue weighted by molar-refractivity contribution is 0.0931. The number of carbonyl (C=O) groups excluding carboxylic acids is 1. The van der Waals surface area contributed by atoms with Crippen molar-refractivity contribution >= 4 is 21.8 Å². The van der Waals surface area contributed by atoms with Gasteiger partial charge in [0.1, 0.15) is 5.69 Å². The van der Waals surface area contributed by atoms with Gasteiger partial charge in [-0.25, -0.2) is 0 Å². The topological polar surface area (TPSA) is 34.0 Å². The van der Waals surface area contributed by atoms with Crippen LogP contribution in [0.15, 0.2) is 16.7 Å². The Labute approximate surface area is 111 Å². The summed E-state index contributed by atoms with van der Waals surface area (Å²) in [5, 5.41) is 2.89. The first kappa shape index (κ1) is 13.9. The van der Waals surface area contributed by atoms with Crippen LogP contribution in [0.3, 0.4) is 0 Å². The van der Waals surface area contributed by atoms with E-state index in [1.54, 1.807) is 0 Å². The molecule has 0 aliphatic heterocycles. The van der Waals surface area contributed by atoms with Gasteiger partial charge in [-0.3, -0.25) is 4.79 Å². The number of amides is 1. The number of nitrogens with zero attached hydrogens (tertiary/aromatic N) is 1. The van der Waals surface area contributed by atoms with Crippen molar-refractivity contribution in [2.45, 2.75) is 39.3 Å². The van der Waals surface area contributed by atoms with Crippen molar-refractivity contribution in [1.29, 1.82) is 0 Å². The van der Waals surface area contributed by atoms with Gasteiger partial charge in [0.05, 0.1) is 0 Å². The van der Waals surface area contributed by atoms with Gasteiger partial charge in [0, 0.05) is 29.7 Å². The second-order valence-electron chi connectivity index (χ2n) is 4.02. The number of halogens is 1. The van der Waals surface area contributed by atoms with E-state index in [0.29, 0.717) is 12.1 Å². The summed E-state index contributed by atoms with van der Waals surface area (Å²) in [6, 6.07) is 1.82. The van der Waals surface area contributed by atoms with Crippen molar-refractivity contribution in [3.05, 3.63) is 22.4 Å². The summed E-state index contributed by atoms with van der Waals surface area (Å²) in [7, 11) is 0. The van der Waals surface area contributed by atoms with Crippen LogP contribution >= 0.6 is 15.9 Å². The Balaban J connectivity index is 2.78. The molecule has 4 heteroatoms. The van der Waals surface area contributed by atoms with Crippen LogP contribution in [0.2, 0.25) is 0 Å². The van der Waals surface area contributed by atoms with Gasteiger partial charge in [0.25, 0.3) is 5.91 Å². The van der Waals surface area contributed by atoms with E-state index in [0.717, 1.165) is 17.4 Å². The summed E-state index contributed by atoms with van der Waals surface area (Å²) in [5.74, 6) is 2.46. The second kappa shape index (κ2) is 6.51. The third-order valence-electron chi connectivity index (χ3n) is 2.36. The molecule has 1 heterocycles. The molecule has 0 aliphatic carbocycles. The highest BCUT2D eigenvalue weighted by Crippen LogP contribution is 2.15. The molecule has 1 aromatic rings. The lowest BCUT2D eigenvalue weighted by atomic mass is 10.2. The van der Waals surface area contributed by atoms with E-state index in [9.17, 15) is 4.79 Å². The van der Waals surface area contributed by atoms with Crippen LogP contribution in [-0.2, 0) is 6.54 Å². The Kier molecular flexibility index (Phi) is 5.30. The minimum Gasteiger partial charge on any atom is -0.347 e. The summed E-state index contributed by atoms with van der Waals surface area (Å²) in [4.78, 5) is 12.0. The average Bonchev–Trinajstić information content (AvgIpc) is 2.60. The van der Waals surface area contributed by atoms with E-state index >= 15 is 0 Å². The summed E-state index contributed by atoms with van der Waals surface area (Å²) < 4.78 is 2.86. The molecule has 1 aromatic heterocycles. The van der Waals surface area contributed by atoms with Gasteiger partial charge in [-0.1, -0.05) is 6.92 Å². The summed E-state index contributed by atoms with van der Waals surface area (Å²) >= 11 is 3.39. The first-order valence-corrected chi connectivity index (χ1v) is 6.47. The van der Waals surface area contributed by atoms with E-state index in [-0.39, 0.29) is 11.9 Å². The lowest BCUT2D eigenvalue weighted by Gasteiger charge is -2.12. The third kappa shape index (κ3) is 3.94. The van der Waals surface area contributed by atoms with E-state index in [1.165, 1.54) is 0 Å². The number of carbonyl (C=O) groups is 1. The molecule has 0 spiro atoms. The molecule has 0 saturated heterocycles. The Hall–Kier alpha value is -1.21. The molecular formula is C13H17BrN2O. The highest BCUT2D eigenvalue weighted by molar-refractivity contribution is 9.10. The largest absolute Gasteiger partial charge is 0.347 e. The number of aryl methyl sites for hydroxylation is 1. The maximum absolute atomic E-state index is 12.0. The minimum absolute atomic E-state index is 0.00347. The predicted octanol–water partition coefficient (Wildman–Crippen LogP) is 2.80. The molecule has 1 atom stereocenters. The number of terminal acetylenes is 1. The monoisotopic (exact) mass is 296 g/mol. The van der Waals surface area contributed by atoms with E-state index < -0.39 is 0 Å². The van der Waals surface area contributed by atoms with Crippen molar-refractivity contribution in [3.63, 3.8) is 0 Å². The zero-order chi connectivity index (χ0) is 12.8. The van der Waals surface area contributed by atoms with Gasteiger partial charge in [0.2, 0.25) is 0 Å². The number of hydrogen-bond donors (Lipinski definition) is 1. The van der Waals surface area contributed by atoms with Crippen LogP contribution in [0.25, 0.3) is 0 Å². The molecule has 1 N–H and O–H groups in total. The molecule has 17 heavy (non-hydrogen) atoms. The molecule has 1 rings (SSSR count). The first-order chi connectivity index (χ1) is 8.08. The fourth-order valence-corrected chi connectivity index (χ4v) is 2.08. The number of aromatic nitrogens is 1. The Morgan fingerprint density at radius 2 is 2.41 bits per heavy atom. The Morgan fingerprint density at radius 3 is 3.00 bits per heavy atom. The fraction of sp³-hybridized carbons (Fsp3) is 0.462. The fourth-order valence-electron chi connectivity index (χ4n) is 1.62. The van der Waals surface area contributed by atoms with Crippen molar-refractivity contribution < 1.29 is 4.79 Å². The van der Waals surface area contributed by atoms with Crippen LogP contribution in [-0.4, -0.2) is 16.5 Å². The van der Waals surface area contributed by atoms with Crippen molar-refractivity contribution in [3.8, 4) is 12.3 Å². The SMILES string of the molecule is C#CCC(C)NC(=O)c1cc(Br)cn1CCC.